The molecule has 156 valence electrons. The zero-order valence-electron chi connectivity index (χ0n) is 17.1. The van der Waals surface area contributed by atoms with Crippen molar-refractivity contribution in [2.24, 2.45) is 0 Å². The normalized spacial score (nSPS) is 10.6. The van der Waals surface area contributed by atoms with E-state index >= 15 is 0 Å². The van der Waals surface area contributed by atoms with Crippen LogP contribution in [0.3, 0.4) is 0 Å². The summed E-state index contributed by atoms with van der Waals surface area (Å²) in [5, 5.41) is 24.3. The van der Waals surface area contributed by atoms with Crippen LogP contribution < -0.4 is 16.4 Å². The summed E-state index contributed by atoms with van der Waals surface area (Å²) in [5.74, 6) is 1.08. The van der Waals surface area contributed by atoms with Crippen molar-refractivity contribution in [3.63, 3.8) is 0 Å². The van der Waals surface area contributed by atoms with Crippen molar-refractivity contribution in [3.05, 3.63) is 59.8 Å². The highest BCUT2D eigenvalue weighted by Gasteiger charge is 2.13. The number of amidine groups is 1. The van der Waals surface area contributed by atoms with Gasteiger partial charge in [0.15, 0.2) is 0 Å². The molecule has 0 fully saturated rings. The third kappa shape index (κ3) is 5.64. The molecule has 0 aliphatic heterocycles. The van der Waals surface area contributed by atoms with Crippen LogP contribution in [0.5, 0.6) is 5.75 Å². The number of aryl methyl sites for hydroxylation is 1. The van der Waals surface area contributed by atoms with E-state index < -0.39 is 0 Å². The number of unbranched alkanes of at least 4 members (excludes halogenated alkanes) is 1. The second-order valence-electron chi connectivity index (χ2n) is 6.87. The van der Waals surface area contributed by atoms with Crippen molar-refractivity contribution >= 4 is 35.1 Å². The minimum Gasteiger partial charge on any atom is -0.508 e. The number of phenolic OH excluding ortho intramolecular Hbond substituents is 1. The third-order valence-corrected chi connectivity index (χ3v) is 5.44. The zero-order valence-corrected chi connectivity index (χ0v) is 17.9. The average molecular weight is 423 g/mol. The largest absolute Gasteiger partial charge is 0.508 e. The van der Waals surface area contributed by atoms with Gasteiger partial charge in [-0.2, -0.15) is 4.98 Å². The molecule has 6 N–H and O–H groups in total. The Hall–Kier alpha value is -3.26. The highest BCUT2D eigenvalue weighted by atomic mass is 32.2. The highest BCUT2D eigenvalue weighted by Crippen LogP contribution is 2.35. The van der Waals surface area contributed by atoms with Crippen LogP contribution in [0, 0.1) is 12.3 Å². The summed E-state index contributed by atoms with van der Waals surface area (Å²) >= 11 is 1.54. The lowest BCUT2D eigenvalue weighted by Crippen LogP contribution is -2.17. The molecule has 1 aromatic heterocycles. The predicted molar refractivity (Wildman–Crippen MR) is 124 cm³/mol. The van der Waals surface area contributed by atoms with Crippen LogP contribution >= 0.6 is 11.8 Å². The molecular formula is C22H26N6OS. The topological polar surface area (TPSA) is 120 Å². The Bertz CT molecular complexity index is 1020. The minimum absolute atomic E-state index is 0.130. The highest BCUT2D eigenvalue weighted by molar-refractivity contribution is 7.99. The van der Waals surface area contributed by atoms with Gasteiger partial charge in [0, 0.05) is 22.5 Å². The molecule has 0 atom stereocenters. The molecule has 0 aliphatic rings. The van der Waals surface area contributed by atoms with Gasteiger partial charge in [-0.1, -0.05) is 31.2 Å². The fourth-order valence-electron chi connectivity index (χ4n) is 2.72. The van der Waals surface area contributed by atoms with E-state index in [9.17, 15) is 5.11 Å². The van der Waals surface area contributed by atoms with Crippen molar-refractivity contribution in [1.82, 2.24) is 9.97 Å². The molecule has 0 radical (unpaired) electrons. The maximum atomic E-state index is 9.49. The maximum absolute atomic E-state index is 9.49. The summed E-state index contributed by atoms with van der Waals surface area (Å²) in [6.45, 7) is 4.90. The standard InChI is InChI=1S/C22H26N6OS/c1-3-4-11-25-22-26-13-17(21(24)28-22)20(23)27-18-12-14(2)5-10-19(18)30-16-8-6-15(29)7-9-16/h5-10,12-13,29H,3-4,11H2,1-2H3,(H2,23,27)(H3,24,25,26,28). The molecule has 0 spiro atoms. The Morgan fingerprint density at radius 1 is 1.20 bits per heavy atom. The molecular weight excluding hydrogens is 396 g/mol. The van der Waals surface area contributed by atoms with Gasteiger partial charge in [-0.3, -0.25) is 5.41 Å². The molecule has 0 saturated carbocycles. The van der Waals surface area contributed by atoms with Crippen molar-refractivity contribution in [2.75, 3.05) is 22.9 Å². The molecule has 1 heterocycles. The smallest absolute Gasteiger partial charge is 0.224 e. The van der Waals surface area contributed by atoms with Crippen LogP contribution in [-0.2, 0) is 0 Å². The van der Waals surface area contributed by atoms with Gasteiger partial charge in [-0.15, -0.1) is 0 Å². The molecule has 0 unspecified atom stereocenters. The second kappa shape index (κ2) is 9.98. The van der Waals surface area contributed by atoms with Gasteiger partial charge in [0.1, 0.15) is 17.4 Å². The average Bonchev–Trinajstić information content (AvgIpc) is 2.72. The number of rotatable bonds is 8. The van der Waals surface area contributed by atoms with Gasteiger partial charge in [0.2, 0.25) is 5.95 Å². The van der Waals surface area contributed by atoms with Crippen LogP contribution in [0.15, 0.2) is 58.5 Å². The van der Waals surface area contributed by atoms with Crippen LogP contribution in [0.4, 0.5) is 17.5 Å². The third-order valence-electron chi connectivity index (χ3n) is 4.36. The Balaban J connectivity index is 1.77. The minimum atomic E-state index is 0.130. The lowest BCUT2D eigenvalue weighted by molar-refractivity contribution is 0.475. The van der Waals surface area contributed by atoms with E-state index in [1.54, 1.807) is 30.1 Å². The lowest BCUT2D eigenvalue weighted by atomic mass is 10.2. The van der Waals surface area contributed by atoms with Crippen molar-refractivity contribution < 1.29 is 5.11 Å². The summed E-state index contributed by atoms with van der Waals surface area (Å²) < 4.78 is 0. The number of hydrogen-bond donors (Lipinski definition) is 5. The van der Waals surface area contributed by atoms with E-state index in [1.807, 2.05) is 37.3 Å². The monoisotopic (exact) mass is 422 g/mol. The molecule has 0 aliphatic carbocycles. The number of nitrogens with two attached hydrogens (primary N) is 1. The number of aromatic nitrogens is 2. The molecule has 8 heteroatoms. The van der Waals surface area contributed by atoms with Crippen LogP contribution in [0.25, 0.3) is 0 Å². The van der Waals surface area contributed by atoms with E-state index in [4.69, 9.17) is 11.1 Å². The van der Waals surface area contributed by atoms with Crippen LogP contribution in [0.1, 0.15) is 30.9 Å². The summed E-state index contributed by atoms with van der Waals surface area (Å²) in [7, 11) is 0. The molecule has 0 bridgehead atoms. The van der Waals surface area contributed by atoms with E-state index in [0.29, 0.717) is 11.5 Å². The first kappa shape index (κ1) is 21.4. The Labute approximate surface area is 180 Å². The van der Waals surface area contributed by atoms with Gasteiger partial charge >= 0.3 is 0 Å². The van der Waals surface area contributed by atoms with E-state index in [0.717, 1.165) is 40.4 Å². The first-order valence-electron chi connectivity index (χ1n) is 9.76. The van der Waals surface area contributed by atoms with Crippen molar-refractivity contribution in [1.29, 1.82) is 5.41 Å². The van der Waals surface area contributed by atoms with Crippen molar-refractivity contribution in [2.45, 2.75) is 36.5 Å². The van der Waals surface area contributed by atoms with Gasteiger partial charge in [-0.05, 0) is 55.3 Å². The Morgan fingerprint density at radius 2 is 1.97 bits per heavy atom. The van der Waals surface area contributed by atoms with Gasteiger partial charge in [-0.25, -0.2) is 4.98 Å². The van der Waals surface area contributed by atoms with E-state index in [1.165, 1.54) is 0 Å². The summed E-state index contributed by atoms with van der Waals surface area (Å²) in [4.78, 5) is 10.5. The van der Waals surface area contributed by atoms with Gasteiger partial charge < -0.3 is 21.5 Å². The molecule has 2 aromatic carbocycles. The molecule has 0 saturated heterocycles. The molecule has 7 nitrogen and oxygen atoms in total. The molecule has 3 aromatic rings. The number of aromatic hydroxyl groups is 1. The molecule has 30 heavy (non-hydrogen) atoms. The first-order chi connectivity index (χ1) is 14.5. The number of hydrogen-bond acceptors (Lipinski definition) is 7. The fourth-order valence-corrected chi connectivity index (χ4v) is 3.61. The number of phenols is 1. The van der Waals surface area contributed by atoms with E-state index in [-0.39, 0.29) is 17.4 Å². The van der Waals surface area contributed by atoms with Crippen molar-refractivity contribution in [3.8, 4) is 5.75 Å². The van der Waals surface area contributed by atoms with Gasteiger partial charge in [0.25, 0.3) is 0 Å². The summed E-state index contributed by atoms with van der Waals surface area (Å²) in [6, 6.07) is 13.0. The lowest BCUT2D eigenvalue weighted by Gasteiger charge is -2.15. The second-order valence-corrected chi connectivity index (χ2v) is 7.98. The SMILES string of the molecule is CCCCNc1ncc(C(=N)Nc2cc(C)ccc2Sc2ccc(O)cc2)c(N)n1. The predicted octanol–water partition coefficient (Wildman–Crippen LogP) is 4.87. The Morgan fingerprint density at radius 3 is 2.67 bits per heavy atom. The molecule has 3 rings (SSSR count). The number of benzene rings is 2. The number of anilines is 3. The molecule has 0 amide bonds. The first-order valence-corrected chi connectivity index (χ1v) is 10.6. The number of nitrogens with one attached hydrogen (secondary N) is 3. The van der Waals surface area contributed by atoms with Crippen LogP contribution in [-0.4, -0.2) is 27.5 Å². The maximum Gasteiger partial charge on any atom is 0.224 e. The Kier molecular flexibility index (Phi) is 7.13. The number of nitrogen functional groups attached to an aromatic ring is 1. The fraction of sp³-hybridized carbons (Fsp3) is 0.227. The van der Waals surface area contributed by atoms with Gasteiger partial charge in [0.05, 0.1) is 11.3 Å². The quantitative estimate of drug-likeness (QED) is 0.199. The zero-order chi connectivity index (χ0) is 21.5. The van der Waals surface area contributed by atoms with Crippen LogP contribution in [0.2, 0.25) is 0 Å². The van der Waals surface area contributed by atoms with E-state index in [2.05, 4.69) is 27.5 Å². The summed E-state index contributed by atoms with van der Waals surface area (Å²) in [6.07, 6.45) is 3.67. The number of nitrogens with zero attached hydrogens (tertiary/aromatic N) is 2. The summed E-state index contributed by atoms with van der Waals surface area (Å²) in [5.41, 5.74) is 8.39.